The predicted octanol–water partition coefficient (Wildman–Crippen LogP) is 2.71. The Hall–Kier alpha value is -0.470. The fourth-order valence-corrected chi connectivity index (χ4v) is 5.98. The minimum atomic E-state index is -5.68. The molecule has 3 saturated carbocycles. The normalized spacial score (nSPS) is 54.7. The molecule has 132 valence electrons. The summed E-state index contributed by atoms with van der Waals surface area (Å²) in [5.74, 6) is -11.6. The summed E-state index contributed by atoms with van der Waals surface area (Å²) >= 11 is 0. The number of hydrogen-bond acceptors (Lipinski definition) is 3. The average molecular weight is 342 g/mol. The molecule has 4 rings (SSSR count). The molecule has 23 heavy (non-hydrogen) atoms. The third-order valence-electron chi connectivity index (χ3n) is 6.90. The summed E-state index contributed by atoms with van der Waals surface area (Å²) in [5, 5.41) is 20.4. The van der Waals surface area contributed by atoms with Gasteiger partial charge in [0, 0.05) is 5.92 Å². The van der Waals surface area contributed by atoms with Crippen LogP contribution in [0.3, 0.4) is 0 Å². The highest BCUT2D eigenvalue weighted by Gasteiger charge is 2.86. The topological polar surface area (TPSA) is 49.7 Å². The second-order valence-electron chi connectivity index (χ2n) is 7.58. The lowest BCUT2D eigenvalue weighted by atomic mass is 9.58. The summed E-state index contributed by atoms with van der Waals surface area (Å²) in [4.78, 5) is 0. The van der Waals surface area contributed by atoms with Gasteiger partial charge in [0.1, 0.15) is 5.60 Å². The molecular weight excluding hydrogens is 323 g/mol. The van der Waals surface area contributed by atoms with Gasteiger partial charge in [0.25, 0.3) is 0 Å². The number of rotatable bonds is 0. The van der Waals surface area contributed by atoms with Crippen molar-refractivity contribution in [1.29, 1.82) is 0 Å². The first kappa shape index (κ1) is 16.0. The van der Waals surface area contributed by atoms with Crippen LogP contribution in [0.4, 0.5) is 22.0 Å². The third-order valence-corrected chi connectivity index (χ3v) is 6.90. The zero-order valence-corrected chi connectivity index (χ0v) is 12.3. The summed E-state index contributed by atoms with van der Waals surface area (Å²) in [6, 6.07) is 0. The molecule has 0 amide bonds. The van der Waals surface area contributed by atoms with Gasteiger partial charge in [-0.2, -0.15) is 22.0 Å². The molecular formula is C15H19F5O3. The van der Waals surface area contributed by atoms with Crippen molar-refractivity contribution >= 4 is 0 Å². The third kappa shape index (κ3) is 1.60. The Kier molecular flexibility index (Phi) is 3.05. The number of halogens is 5. The molecule has 4 aliphatic rings. The van der Waals surface area contributed by atoms with Gasteiger partial charge in [-0.15, -0.1) is 0 Å². The highest BCUT2D eigenvalue weighted by Crippen LogP contribution is 2.70. The van der Waals surface area contributed by atoms with Gasteiger partial charge >= 0.3 is 17.9 Å². The molecule has 2 bridgehead atoms. The van der Waals surface area contributed by atoms with E-state index in [1.54, 1.807) is 0 Å². The van der Waals surface area contributed by atoms with Crippen molar-refractivity contribution in [3.05, 3.63) is 0 Å². The summed E-state index contributed by atoms with van der Waals surface area (Å²) in [6.45, 7) is -0.688. The molecule has 0 aromatic heterocycles. The van der Waals surface area contributed by atoms with Gasteiger partial charge in [0.2, 0.25) is 0 Å². The largest absolute Gasteiger partial charge is 0.449 e. The van der Waals surface area contributed by atoms with Crippen molar-refractivity contribution in [1.82, 2.24) is 0 Å². The van der Waals surface area contributed by atoms with Gasteiger partial charge in [-0.25, -0.2) is 0 Å². The molecule has 0 aromatic carbocycles. The van der Waals surface area contributed by atoms with Gasteiger partial charge in [0.15, 0.2) is 0 Å². The predicted molar refractivity (Wildman–Crippen MR) is 67.4 cm³/mol. The first-order valence-electron chi connectivity index (χ1n) is 8.09. The maximum Gasteiger partial charge on any atom is 0.449 e. The van der Waals surface area contributed by atoms with Gasteiger partial charge < -0.3 is 14.9 Å². The number of hydrogen-bond donors (Lipinski definition) is 2. The second-order valence-corrected chi connectivity index (χ2v) is 7.58. The van der Waals surface area contributed by atoms with E-state index in [0.717, 1.165) is 19.3 Å². The average Bonchev–Trinajstić information content (AvgIpc) is 2.98. The maximum absolute atomic E-state index is 14.8. The lowest BCUT2D eigenvalue weighted by Gasteiger charge is -2.57. The Morgan fingerprint density at radius 3 is 2.13 bits per heavy atom. The highest BCUT2D eigenvalue weighted by molar-refractivity contribution is 5.23. The standard InChI is InChI=1S/C15H19F5O3/c16-13(17)12(21)10-5-9(7-3-1-2-4-8(7)10)11(12)6-23-14(13,22)15(18,19)20/h7-11,21-22H,1-6H2. The quantitative estimate of drug-likeness (QED) is 0.666. The molecule has 7 unspecified atom stereocenters. The van der Waals surface area contributed by atoms with Crippen LogP contribution in [0.1, 0.15) is 32.1 Å². The first-order chi connectivity index (χ1) is 10.6. The van der Waals surface area contributed by atoms with Gasteiger partial charge in [-0.05, 0) is 42.9 Å². The fourth-order valence-electron chi connectivity index (χ4n) is 5.98. The molecule has 1 heterocycles. The molecule has 7 atom stereocenters. The van der Waals surface area contributed by atoms with Crippen molar-refractivity contribution in [3.63, 3.8) is 0 Å². The van der Waals surface area contributed by atoms with Crippen molar-refractivity contribution in [2.24, 2.45) is 29.6 Å². The Morgan fingerprint density at radius 2 is 1.52 bits per heavy atom. The van der Waals surface area contributed by atoms with Crippen LogP contribution in [0.5, 0.6) is 0 Å². The molecule has 1 saturated heterocycles. The Labute approximate surface area is 129 Å². The van der Waals surface area contributed by atoms with Gasteiger partial charge in [0.05, 0.1) is 6.61 Å². The molecule has 0 spiro atoms. The van der Waals surface area contributed by atoms with Gasteiger partial charge in [-0.3, -0.25) is 0 Å². The molecule has 0 radical (unpaired) electrons. The minimum Gasteiger partial charge on any atom is -0.383 e. The monoisotopic (exact) mass is 342 g/mol. The summed E-state index contributed by atoms with van der Waals surface area (Å²) in [5.41, 5.74) is -2.85. The lowest BCUT2D eigenvalue weighted by molar-refractivity contribution is -0.486. The minimum absolute atomic E-state index is 0.176. The number of fused-ring (bicyclic) bond motifs is 8. The van der Waals surface area contributed by atoms with E-state index in [9.17, 15) is 32.2 Å². The van der Waals surface area contributed by atoms with Crippen molar-refractivity contribution in [3.8, 4) is 0 Å². The number of aliphatic hydroxyl groups is 2. The van der Waals surface area contributed by atoms with Crippen LogP contribution in [-0.2, 0) is 4.74 Å². The van der Waals surface area contributed by atoms with E-state index in [0.29, 0.717) is 12.8 Å². The summed E-state index contributed by atoms with van der Waals surface area (Å²) in [6.07, 6.45) is -2.03. The van der Waals surface area contributed by atoms with Crippen LogP contribution in [0.2, 0.25) is 0 Å². The zero-order chi connectivity index (χ0) is 16.8. The van der Waals surface area contributed by atoms with Gasteiger partial charge in [-0.1, -0.05) is 12.8 Å². The molecule has 4 fully saturated rings. The smallest absolute Gasteiger partial charge is 0.383 e. The zero-order valence-electron chi connectivity index (χ0n) is 12.3. The van der Waals surface area contributed by atoms with Crippen LogP contribution in [0.15, 0.2) is 0 Å². The van der Waals surface area contributed by atoms with Crippen LogP contribution in [0, 0.1) is 29.6 Å². The lowest BCUT2D eigenvalue weighted by Crippen LogP contribution is -2.77. The Balaban J connectivity index is 1.78. The fraction of sp³-hybridized carbons (Fsp3) is 1.00. The molecule has 8 heteroatoms. The molecule has 3 nitrogen and oxygen atoms in total. The Morgan fingerprint density at radius 1 is 0.913 bits per heavy atom. The number of alkyl halides is 5. The molecule has 2 N–H and O–H groups in total. The first-order valence-corrected chi connectivity index (χ1v) is 8.09. The Bertz CT molecular complexity index is 524. The van der Waals surface area contributed by atoms with E-state index in [-0.39, 0.29) is 17.8 Å². The van der Waals surface area contributed by atoms with E-state index in [1.165, 1.54) is 0 Å². The van der Waals surface area contributed by atoms with Crippen molar-refractivity contribution < 1.29 is 36.9 Å². The molecule has 1 aliphatic heterocycles. The van der Waals surface area contributed by atoms with Crippen LogP contribution in [-0.4, -0.2) is 40.3 Å². The molecule has 0 aromatic rings. The summed E-state index contributed by atoms with van der Waals surface area (Å²) in [7, 11) is 0. The summed E-state index contributed by atoms with van der Waals surface area (Å²) < 4.78 is 73.0. The SMILES string of the molecule is OC12C(COC(O)(C(F)(F)F)C1(F)F)C1CC2C2CCCCC12. The van der Waals surface area contributed by atoms with E-state index in [2.05, 4.69) is 4.74 Å². The van der Waals surface area contributed by atoms with Crippen LogP contribution >= 0.6 is 0 Å². The van der Waals surface area contributed by atoms with E-state index < -0.39 is 41.9 Å². The highest BCUT2D eigenvalue weighted by atomic mass is 19.4. The van der Waals surface area contributed by atoms with Crippen molar-refractivity contribution in [2.45, 2.75) is 55.6 Å². The van der Waals surface area contributed by atoms with Crippen LogP contribution < -0.4 is 0 Å². The van der Waals surface area contributed by atoms with E-state index >= 15 is 0 Å². The molecule has 3 aliphatic carbocycles. The van der Waals surface area contributed by atoms with E-state index in [1.807, 2.05) is 0 Å². The number of ether oxygens (including phenoxy) is 1. The van der Waals surface area contributed by atoms with Crippen molar-refractivity contribution in [2.75, 3.05) is 6.61 Å². The van der Waals surface area contributed by atoms with E-state index in [4.69, 9.17) is 0 Å². The second kappa shape index (κ2) is 4.38. The van der Waals surface area contributed by atoms with Crippen LogP contribution in [0.25, 0.3) is 0 Å². The maximum atomic E-state index is 14.8.